The van der Waals surface area contributed by atoms with Gasteiger partial charge >= 0.3 is 0 Å². The van der Waals surface area contributed by atoms with Gasteiger partial charge in [-0.15, -0.1) is 0 Å². The predicted octanol–water partition coefficient (Wildman–Crippen LogP) is 2.30. The molecule has 154 valence electrons. The van der Waals surface area contributed by atoms with Crippen LogP contribution >= 0.6 is 0 Å². The Morgan fingerprint density at radius 1 is 1.25 bits per heavy atom. The van der Waals surface area contributed by atoms with Crippen molar-refractivity contribution in [1.82, 2.24) is 15.5 Å². The van der Waals surface area contributed by atoms with Crippen LogP contribution < -0.4 is 15.4 Å². The van der Waals surface area contributed by atoms with Crippen LogP contribution in [0.15, 0.2) is 24.3 Å². The largest absolute Gasteiger partial charge is 0.497 e. The molecule has 2 aliphatic heterocycles. The number of likely N-dealkylation sites (tertiary alicyclic amines) is 1. The summed E-state index contributed by atoms with van der Waals surface area (Å²) in [5, 5.41) is 6.31. The Bertz CT molecular complexity index is 655. The molecular weight excluding hydrogens is 354 g/mol. The van der Waals surface area contributed by atoms with Crippen LogP contribution in [0.3, 0.4) is 0 Å². The molecule has 3 atom stereocenters. The first kappa shape index (κ1) is 20.6. The Morgan fingerprint density at radius 3 is 2.71 bits per heavy atom. The Labute approximate surface area is 168 Å². The molecule has 3 unspecified atom stereocenters. The number of nitrogens with one attached hydrogen (secondary N) is 2. The van der Waals surface area contributed by atoms with E-state index in [0.29, 0.717) is 18.9 Å². The summed E-state index contributed by atoms with van der Waals surface area (Å²) >= 11 is 0. The van der Waals surface area contributed by atoms with E-state index < -0.39 is 0 Å². The Kier molecular flexibility index (Phi) is 7.31. The van der Waals surface area contributed by atoms with Gasteiger partial charge in [-0.25, -0.2) is 0 Å². The second kappa shape index (κ2) is 9.92. The molecule has 28 heavy (non-hydrogen) atoms. The number of amides is 2. The van der Waals surface area contributed by atoms with E-state index in [-0.39, 0.29) is 23.8 Å². The van der Waals surface area contributed by atoms with Gasteiger partial charge in [-0.3, -0.25) is 9.59 Å². The van der Waals surface area contributed by atoms with Crippen LogP contribution in [0.2, 0.25) is 0 Å². The van der Waals surface area contributed by atoms with E-state index in [0.717, 1.165) is 56.6 Å². The third kappa shape index (κ3) is 5.47. The molecule has 2 fully saturated rings. The minimum absolute atomic E-state index is 0.0355. The average molecular weight is 388 g/mol. The zero-order chi connectivity index (χ0) is 19.9. The molecule has 0 radical (unpaired) electrons. The standard InChI is InChI=1S/C22H33N3O3/c1-16(18-7-9-19(28-2)10-8-18)13-21(26)25-12-4-5-17(15-25)14-24-22(27)20-6-3-11-23-20/h7-10,16-17,20,23H,3-6,11-15H2,1-2H3,(H,24,27). The Morgan fingerprint density at radius 2 is 2.04 bits per heavy atom. The van der Waals surface area contributed by atoms with Crippen LogP contribution in [0.25, 0.3) is 0 Å². The number of ether oxygens (including phenoxy) is 1. The minimum atomic E-state index is -0.0355. The van der Waals surface area contributed by atoms with Gasteiger partial charge in [0, 0.05) is 26.1 Å². The SMILES string of the molecule is COc1ccc(C(C)CC(=O)N2CCCC(CNC(=O)C3CCCN3)C2)cc1. The fraction of sp³-hybridized carbons (Fsp3) is 0.636. The van der Waals surface area contributed by atoms with Crippen LogP contribution in [0.4, 0.5) is 0 Å². The molecule has 0 bridgehead atoms. The maximum Gasteiger partial charge on any atom is 0.237 e. The van der Waals surface area contributed by atoms with E-state index in [1.54, 1.807) is 7.11 Å². The highest BCUT2D eigenvalue weighted by Crippen LogP contribution is 2.24. The van der Waals surface area contributed by atoms with Crippen molar-refractivity contribution >= 4 is 11.8 Å². The smallest absolute Gasteiger partial charge is 0.237 e. The number of hydrogen-bond donors (Lipinski definition) is 2. The van der Waals surface area contributed by atoms with Crippen molar-refractivity contribution in [2.24, 2.45) is 5.92 Å². The molecule has 0 aromatic heterocycles. The van der Waals surface area contributed by atoms with E-state index in [4.69, 9.17) is 4.74 Å². The fourth-order valence-electron chi connectivity index (χ4n) is 4.18. The highest BCUT2D eigenvalue weighted by atomic mass is 16.5. The fourth-order valence-corrected chi connectivity index (χ4v) is 4.18. The maximum absolute atomic E-state index is 12.8. The van der Waals surface area contributed by atoms with Gasteiger partial charge in [0.25, 0.3) is 0 Å². The lowest BCUT2D eigenvalue weighted by atomic mass is 9.94. The van der Waals surface area contributed by atoms with Crippen LogP contribution in [0, 0.1) is 5.92 Å². The molecular formula is C22H33N3O3. The number of benzene rings is 1. The van der Waals surface area contributed by atoms with E-state index in [1.807, 2.05) is 29.2 Å². The van der Waals surface area contributed by atoms with Crippen molar-refractivity contribution in [2.45, 2.75) is 51.0 Å². The van der Waals surface area contributed by atoms with Gasteiger partial charge in [0.2, 0.25) is 11.8 Å². The maximum atomic E-state index is 12.8. The summed E-state index contributed by atoms with van der Waals surface area (Å²) in [6, 6.07) is 7.90. The van der Waals surface area contributed by atoms with Crippen molar-refractivity contribution in [2.75, 3.05) is 33.3 Å². The third-order valence-corrected chi connectivity index (χ3v) is 5.98. The molecule has 6 heteroatoms. The summed E-state index contributed by atoms with van der Waals surface area (Å²) in [4.78, 5) is 27.0. The molecule has 0 aliphatic carbocycles. The quantitative estimate of drug-likeness (QED) is 0.753. The van der Waals surface area contributed by atoms with Crippen LogP contribution in [0.5, 0.6) is 5.75 Å². The molecule has 6 nitrogen and oxygen atoms in total. The van der Waals surface area contributed by atoms with Crippen molar-refractivity contribution in [3.63, 3.8) is 0 Å². The molecule has 1 aromatic rings. The summed E-state index contributed by atoms with van der Waals surface area (Å²) in [7, 11) is 1.65. The minimum Gasteiger partial charge on any atom is -0.497 e. The van der Waals surface area contributed by atoms with E-state index >= 15 is 0 Å². The van der Waals surface area contributed by atoms with Gasteiger partial charge in [0.1, 0.15) is 5.75 Å². The molecule has 1 aromatic carbocycles. The topological polar surface area (TPSA) is 70.7 Å². The number of nitrogens with zero attached hydrogens (tertiary/aromatic N) is 1. The number of hydrogen-bond acceptors (Lipinski definition) is 4. The zero-order valence-electron chi connectivity index (χ0n) is 17.1. The van der Waals surface area contributed by atoms with E-state index in [9.17, 15) is 9.59 Å². The highest BCUT2D eigenvalue weighted by molar-refractivity contribution is 5.82. The highest BCUT2D eigenvalue weighted by Gasteiger charge is 2.27. The number of rotatable bonds is 7. The summed E-state index contributed by atoms with van der Waals surface area (Å²) in [5.74, 6) is 1.66. The summed E-state index contributed by atoms with van der Waals surface area (Å²) in [6.45, 7) is 5.25. The van der Waals surface area contributed by atoms with Gasteiger partial charge in [0.15, 0.2) is 0 Å². The van der Waals surface area contributed by atoms with E-state index in [2.05, 4.69) is 17.6 Å². The van der Waals surface area contributed by atoms with Crippen LogP contribution in [-0.4, -0.2) is 56.0 Å². The third-order valence-electron chi connectivity index (χ3n) is 5.98. The number of methoxy groups -OCH3 is 1. The zero-order valence-corrected chi connectivity index (χ0v) is 17.1. The molecule has 3 rings (SSSR count). The summed E-state index contributed by atoms with van der Waals surface area (Å²) in [5.41, 5.74) is 1.15. The lowest BCUT2D eigenvalue weighted by Crippen LogP contribution is -2.46. The first-order valence-electron chi connectivity index (χ1n) is 10.5. The first-order chi connectivity index (χ1) is 13.6. The monoisotopic (exact) mass is 387 g/mol. The van der Waals surface area contributed by atoms with Crippen LogP contribution in [0.1, 0.15) is 50.5 Å². The Balaban J connectivity index is 1.45. The van der Waals surface area contributed by atoms with Gasteiger partial charge < -0.3 is 20.3 Å². The molecule has 2 amide bonds. The van der Waals surface area contributed by atoms with Crippen molar-refractivity contribution in [3.8, 4) is 5.75 Å². The van der Waals surface area contributed by atoms with Crippen molar-refractivity contribution < 1.29 is 14.3 Å². The number of carbonyl (C=O) groups excluding carboxylic acids is 2. The van der Waals surface area contributed by atoms with Crippen LogP contribution in [-0.2, 0) is 9.59 Å². The second-order valence-corrected chi connectivity index (χ2v) is 8.12. The summed E-state index contributed by atoms with van der Waals surface area (Å²) < 4.78 is 5.20. The number of carbonyl (C=O) groups is 2. The lowest BCUT2D eigenvalue weighted by molar-refractivity contribution is -0.133. The second-order valence-electron chi connectivity index (χ2n) is 8.12. The predicted molar refractivity (Wildman–Crippen MR) is 109 cm³/mol. The van der Waals surface area contributed by atoms with Gasteiger partial charge in [-0.2, -0.15) is 0 Å². The van der Waals surface area contributed by atoms with Gasteiger partial charge in [-0.05, 0) is 61.8 Å². The molecule has 0 saturated carbocycles. The van der Waals surface area contributed by atoms with E-state index in [1.165, 1.54) is 0 Å². The average Bonchev–Trinajstić information content (AvgIpc) is 3.27. The molecule has 0 spiro atoms. The summed E-state index contributed by atoms with van der Waals surface area (Å²) in [6.07, 6.45) is 4.57. The lowest BCUT2D eigenvalue weighted by Gasteiger charge is -2.33. The molecule has 2 heterocycles. The number of piperidine rings is 1. The van der Waals surface area contributed by atoms with Gasteiger partial charge in [-0.1, -0.05) is 19.1 Å². The molecule has 2 N–H and O–H groups in total. The normalized spacial score (nSPS) is 23.3. The molecule has 2 aliphatic rings. The Hall–Kier alpha value is -2.08. The van der Waals surface area contributed by atoms with Crippen molar-refractivity contribution in [1.29, 1.82) is 0 Å². The van der Waals surface area contributed by atoms with Gasteiger partial charge in [0.05, 0.1) is 13.2 Å². The molecule has 2 saturated heterocycles. The first-order valence-corrected chi connectivity index (χ1v) is 10.5. The van der Waals surface area contributed by atoms with Crippen molar-refractivity contribution in [3.05, 3.63) is 29.8 Å².